The molecule has 0 unspecified atom stereocenters. The van der Waals surface area contributed by atoms with E-state index in [4.69, 9.17) is 4.42 Å². The number of hydrogen-bond donors (Lipinski definition) is 2. The summed E-state index contributed by atoms with van der Waals surface area (Å²) in [4.78, 5) is 11.6. The van der Waals surface area contributed by atoms with Gasteiger partial charge in [0.15, 0.2) is 0 Å². The third kappa shape index (κ3) is 4.02. The fraction of sp³-hybridized carbons (Fsp3) is 0.250. The van der Waals surface area contributed by atoms with Crippen LogP contribution >= 0.6 is 0 Å². The lowest BCUT2D eigenvalue weighted by Gasteiger charge is -2.07. The van der Waals surface area contributed by atoms with E-state index in [9.17, 15) is 13.2 Å². The molecule has 0 aliphatic rings. The van der Waals surface area contributed by atoms with Crippen LogP contribution in [0.2, 0.25) is 0 Å². The number of carbonyl (C=O) groups is 1. The molecular formula is C12H14N4O4S. The maximum absolute atomic E-state index is 11.9. The van der Waals surface area contributed by atoms with E-state index in [2.05, 4.69) is 15.5 Å². The van der Waals surface area contributed by atoms with Crippen molar-refractivity contribution in [1.29, 1.82) is 0 Å². The Hall–Kier alpha value is -2.42. The largest absolute Gasteiger partial charge is 0.424 e. The van der Waals surface area contributed by atoms with Crippen molar-refractivity contribution in [3.8, 4) is 0 Å². The molecule has 2 N–H and O–H groups in total. The molecule has 0 bridgehead atoms. The van der Waals surface area contributed by atoms with Gasteiger partial charge >= 0.3 is 6.03 Å². The van der Waals surface area contributed by atoms with E-state index in [1.54, 1.807) is 19.1 Å². The monoisotopic (exact) mass is 310 g/mol. The third-order valence-corrected chi connectivity index (χ3v) is 3.87. The molecule has 1 aromatic heterocycles. The van der Waals surface area contributed by atoms with E-state index < -0.39 is 16.1 Å². The first kappa shape index (κ1) is 15.0. The van der Waals surface area contributed by atoms with E-state index in [1.807, 2.05) is 11.6 Å². The predicted octanol–water partition coefficient (Wildman–Crippen LogP) is 0.875. The van der Waals surface area contributed by atoms with Crippen molar-refractivity contribution in [2.24, 2.45) is 0 Å². The topological polar surface area (TPSA) is 114 Å². The van der Waals surface area contributed by atoms with Crippen molar-refractivity contribution in [2.45, 2.75) is 25.3 Å². The number of hydrogen-bond acceptors (Lipinski definition) is 6. The molecule has 2 rings (SSSR count). The number of amides is 2. The van der Waals surface area contributed by atoms with Crippen LogP contribution in [0.4, 0.5) is 4.79 Å². The molecule has 1 heterocycles. The maximum atomic E-state index is 11.9. The summed E-state index contributed by atoms with van der Waals surface area (Å²) in [5.41, 5.74) is 0.921. The SMILES string of the molecule is Cc1ccc(S(=O)(=O)NC(=O)NCc2nnc(C)o2)cc1. The zero-order valence-electron chi connectivity index (χ0n) is 11.5. The zero-order valence-corrected chi connectivity index (χ0v) is 12.3. The van der Waals surface area contributed by atoms with Crippen molar-refractivity contribution in [3.05, 3.63) is 41.6 Å². The lowest BCUT2D eigenvalue weighted by Crippen LogP contribution is -2.39. The van der Waals surface area contributed by atoms with Gasteiger partial charge in [-0.3, -0.25) is 0 Å². The van der Waals surface area contributed by atoms with Crippen molar-refractivity contribution < 1.29 is 17.6 Å². The van der Waals surface area contributed by atoms with Crippen LogP contribution in [0.5, 0.6) is 0 Å². The van der Waals surface area contributed by atoms with Gasteiger partial charge in [0.1, 0.15) is 0 Å². The number of rotatable bonds is 4. The molecule has 0 fully saturated rings. The second-order valence-electron chi connectivity index (χ2n) is 4.32. The molecule has 112 valence electrons. The summed E-state index contributed by atoms with van der Waals surface area (Å²) in [6.07, 6.45) is 0. The Morgan fingerprint density at radius 2 is 1.86 bits per heavy atom. The fourth-order valence-electron chi connectivity index (χ4n) is 1.50. The quantitative estimate of drug-likeness (QED) is 0.866. The van der Waals surface area contributed by atoms with Gasteiger partial charge in [-0.2, -0.15) is 0 Å². The fourth-order valence-corrected chi connectivity index (χ4v) is 2.43. The maximum Gasteiger partial charge on any atom is 0.329 e. The number of nitrogens with one attached hydrogen (secondary N) is 2. The lowest BCUT2D eigenvalue weighted by molar-refractivity contribution is 0.244. The Bertz CT molecular complexity index is 737. The van der Waals surface area contributed by atoms with Gasteiger partial charge in [0.25, 0.3) is 10.0 Å². The highest BCUT2D eigenvalue weighted by Crippen LogP contribution is 2.09. The van der Waals surface area contributed by atoms with E-state index in [-0.39, 0.29) is 17.3 Å². The lowest BCUT2D eigenvalue weighted by atomic mass is 10.2. The van der Waals surface area contributed by atoms with Crippen LogP contribution in [0.25, 0.3) is 0 Å². The number of urea groups is 1. The van der Waals surface area contributed by atoms with Gasteiger partial charge in [-0.05, 0) is 19.1 Å². The number of sulfonamides is 1. The highest BCUT2D eigenvalue weighted by molar-refractivity contribution is 7.90. The van der Waals surface area contributed by atoms with Gasteiger partial charge in [0.2, 0.25) is 11.8 Å². The molecule has 0 aliphatic heterocycles. The number of nitrogens with zero attached hydrogens (tertiary/aromatic N) is 2. The Morgan fingerprint density at radius 1 is 1.19 bits per heavy atom. The molecule has 2 aromatic rings. The summed E-state index contributed by atoms with van der Waals surface area (Å²) in [5, 5.41) is 9.59. The average Bonchev–Trinajstić information content (AvgIpc) is 2.82. The number of aryl methyl sites for hydroxylation is 2. The standard InChI is InChI=1S/C12H14N4O4S/c1-8-3-5-10(6-4-8)21(18,19)16-12(17)13-7-11-15-14-9(2)20-11/h3-6H,7H2,1-2H3,(H2,13,16,17). The van der Waals surface area contributed by atoms with Crippen LogP contribution in [-0.4, -0.2) is 24.6 Å². The first-order valence-corrected chi connectivity index (χ1v) is 7.51. The van der Waals surface area contributed by atoms with Crippen LogP contribution in [0, 0.1) is 13.8 Å². The summed E-state index contributed by atoms with van der Waals surface area (Å²) in [6.45, 7) is 3.39. The van der Waals surface area contributed by atoms with Gasteiger partial charge in [-0.25, -0.2) is 17.9 Å². The van der Waals surface area contributed by atoms with Crippen molar-refractivity contribution in [1.82, 2.24) is 20.2 Å². The number of benzene rings is 1. The van der Waals surface area contributed by atoms with E-state index >= 15 is 0 Å². The van der Waals surface area contributed by atoms with Crippen LogP contribution in [-0.2, 0) is 16.6 Å². The molecule has 0 saturated heterocycles. The van der Waals surface area contributed by atoms with E-state index in [0.717, 1.165) is 5.56 Å². The Balaban J connectivity index is 1.96. The van der Waals surface area contributed by atoms with Crippen molar-refractivity contribution in [2.75, 3.05) is 0 Å². The normalized spacial score (nSPS) is 11.1. The van der Waals surface area contributed by atoms with Crippen molar-refractivity contribution >= 4 is 16.1 Å². The first-order chi connectivity index (χ1) is 9.87. The molecule has 9 heteroatoms. The van der Waals surface area contributed by atoms with Crippen LogP contribution < -0.4 is 10.0 Å². The second-order valence-corrected chi connectivity index (χ2v) is 6.00. The Labute approximate surface area is 121 Å². The second kappa shape index (κ2) is 5.92. The number of carbonyl (C=O) groups excluding carboxylic acids is 1. The Morgan fingerprint density at radius 3 is 2.43 bits per heavy atom. The summed E-state index contributed by atoms with van der Waals surface area (Å²) < 4.78 is 30.8. The molecule has 0 saturated carbocycles. The molecule has 0 radical (unpaired) electrons. The van der Waals surface area contributed by atoms with Gasteiger partial charge in [-0.1, -0.05) is 17.7 Å². The Kier molecular flexibility index (Phi) is 4.22. The van der Waals surface area contributed by atoms with Crippen LogP contribution in [0.3, 0.4) is 0 Å². The minimum atomic E-state index is -3.90. The zero-order chi connectivity index (χ0) is 15.5. The predicted molar refractivity (Wildman–Crippen MR) is 72.8 cm³/mol. The summed E-state index contributed by atoms with van der Waals surface area (Å²) in [7, 11) is -3.90. The van der Waals surface area contributed by atoms with Gasteiger partial charge in [0, 0.05) is 6.92 Å². The van der Waals surface area contributed by atoms with E-state index in [0.29, 0.717) is 5.89 Å². The molecular weight excluding hydrogens is 296 g/mol. The molecule has 8 nitrogen and oxygen atoms in total. The highest BCUT2D eigenvalue weighted by Gasteiger charge is 2.17. The minimum Gasteiger partial charge on any atom is -0.424 e. The highest BCUT2D eigenvalue weighted by atomic mass is 32.2. The molecule has 0 aliphatic carbocycles. The van der Waals surface area contributed by atoms with E-state index in [1.165, 1.54) is 12.1 Å². The third-order valence-electron chi connectivity index (χ3n) is 2.53. The molecule has 2 amide bonds. The van der Waals surface area contributed by atoms with Crippen LogP contribution in [0.15, 0.2) is 33.6 Å². The van der Waals surface area contributed by atoms with Gasteiger partial charge < -0.3 is 9.73 Å². The van der Waals surface area contributed by atoms with Gasteiger partial charge in [0.05, 0.1) is 11.4 Å². The molecule has 21 heavy (non-hydrogen) atoms. The summed E-state index contributed by atoms with van der Waals surface area (Å²) in [6, 6.07) is 5.27. The van der Waals surface area contributed by atoms with Crippen LogP contribution in [0.1, 0.15) is 17.3 Å². The average molecular weight is 310 g/mol. The molecule has 0 spiro atoms. The first-order valence-electron chi connectivity index (χ1n) is 6.03. The molecule has 1 aromatic carbocycles. The summed E-state index contributed by atoms with van der Waals surface area (Å²) >= 11 is 0. The molecule has 0 atom stereocenters. The number of aromatic nitrogens is 2. The summed E-state index contributed by atoms with van der Waals surface area (Å²) in [5.74, 6) is 0.551. The minimum absolute atomic E-state index is 0.0110. The smallest absolute Gasteiger partial charge is 0.329 e. The van der Waals surface area contributed by atoms with Crippen molar-refractivity contribution in [3.63, 3.8) is 0 Å². The van der Waals surface area contributed by atoms with Gasteiger partial charge in [-0.15, -0.1) is 10.2 Å².